The Bertz CT molecular complexity index is 869. The van der Waals surface area contributed by atoms with Gasteiger partial charge < -0.3 is 15.5 Å². The molecule has 2 N–H and O–H groups in total. The lowest BCUT2D eigenvalue weighted by Gasteiger charge is -2.17. The predicted octanol–water partition coefficient (Wildman–Crippen LogP) is 2.26. The molecule has 4 heterocycles. The molecule has 7 nitrogen and oxygen atoms in total. The Morgan fingerprint density at radius 2 is 2.19 bits per heavy atom. The fourth-order valence-electron chi connectivity index (χ4n) is 3.17. The van der Waals surface area contributed by atoms with Gasteiger partial charge in [-0.1, -0.05) is 6.08 Å². The average molecular weight is 354 g/mol. The van der Waals surface area contributed by atoms with Gasteiger partial charge >= 0.3 is 0 Å². The Morgan fingerprint density at radius 3 is 2.96 bits per heavy atom. The Morgan fingerprint density at radius 1 is 1.27 bits per heavy atom. The second-order valence-corrected chi connectivity index (χ2v) is 6.29. The van der Waals surface area contributed by atoms with Crippen LogP contribution in [0.4, 0.5) is 21.7 Å². The van der Waals surface area contributed by atoms with Crippen molar-refractivity contribution in [2.45, 2.75) is 19.3 Å². The van der Waals surface area contributed by atoms with E-state index in [9.17, 15) is 9.18 Å². The topological polar surface area (TPSA) is 83.0 Å². The molecule has 0 saturated carbocycles. The molecular formula is C18H19FN6O. The summed E-state index contributed by atoms with van der Waals surface area (Å²) in [6.45, 7) is 2.17. The summed E-state index contributed by atoms with van der Waals surface area (Å²) in [6, 6.07) is 1.82. The van der Waals surface area contributed by atoms with Crippen LogP contribution in [-0.4, -0.2) is 40.5 Å². The molecule has 134 valence electrons. The first kappa shape index (κ1) is 16.6. The van der Waals surface area contributed by atoms with Crippen LogP contribution in [0.2, 0.25) is 0 Å². The van der Waals surface area contributed by atoms with E-state index in [1.165, 1.54) is 6.20 Å². The molecule has 0 radical (unpaired) electrons. The normalized spacial score (nSPS) is 17.3. The predicted molar refractivity (Wildman–Crippen MR) is 96.6 cm³/mol. The van der Waals surface area contributed by atoms with Crippen molar-refractivity contribution in [3.05, 3.63) is 42.2 Å². The van der Waals surface area contributed by atoms with Crippen LogP contribution in [0.5, 0.6) is 0 Å². The van der Waals surface area contributed by atoms with Crippen LogP contribution in [0.3, 0.4) is 0 Å². The summed E-state index contributed by atoms with van der Waals surface area (Å²) in [5.74, 6) is -0.0550. The van der Waals surface area contributed by atoms with Crippen LogP contribution in [0.25, 0.3) is 5.57 Å². The molecule has 2 aliphatic rings. The van der Waals surface area contributed by atoms with Gasteiger partial charge in [0.15, 0.2) is 5.82 Å². The van der Waals surface area contributed by atoms with E-state index >= 15 is 0 Å². The molecule has 0 bridgehead atoms. The van der Waals surface area contributed by atoms with E-state index in [4.69, 9.17) is 0 Å². The largest absolute Gasteiger partial charge is 0.323 e. The maximum atomic E-state index is 14.1. The fourth-order valence-corrected chi connectivity index (χ4v) is 3.17. The van der Waals surface area contributed by atoms with Gasteiger partial charge in [0.1, 0.15) is 5.69 Å². The van der Waals surface area contributed by atoms with Gasteiger partial charge in [-0.2, -0.15) is 0 Å². The SMILES string of the molecule is O=C1CCCN1c1cncc(Nc2ncc(F)c(C3=CCCNC3)n2)c1. The minimum absolute atomic E-state index is 0.0982. The van der Waals surface area contributed by atoms with Gasteiger partial charge in [0.2, 0.25) is 11.9 Å². The van der Waals surface area contributed by atoms with Crippen molar-refractivity contribution >= 4 is 28.8 Å². The van der Waals surface area contributed by atoms with E-state index in [1.54, 1.807) is 17.3 Å². The lowest BCUT2D eigenvalue weighted by Crippen LogP contribution is -2.23. The maximum absolute atomic E-state index is 14.1. The summed E-state index contributed by atoms with van der Waals surface area (Å²) in [6.07, 6.45) is 8.70. The van der Waals surface area contributed by atoms with Crippen LogP contribution in [0.1, 0.15) is 25.0 Å². The van der Waals surface area contributed by atoms with Gasteiger partial charge in [-0.15, -0.1) is 0 Å². The number of halogens is 1. The number of hydrogen-bond acceptors (Lipinski definition) is 6. The highest BCUT2D eigenvalue weighted by molar-refractivity contribution is 5.95. The van der Waals surface area contributed by atoms with Gasteiger partial charge in [-0.25, -0.2) is 14.4 Å². The lowest BCUT2D eigenvalue weighted by atomic mass is 10.1. The molecule has 0 aliphatic carbocycles. The molecule has 8 heteroatoms. The summed E-state index contributed by atoms with van der Waals surface area (Å²) in [4.78, 5) is 26.1. The summed E-state index contributed by atoms with van der Waals surface area (Å²) in [7, 11) is 0. The molecule has 4 rings (SSSR count). The number of pyridine rings is 1. The number of carbonyl (C=O) groups excluding carboxylic acids is 1. The molecule has 0 unspecified atom stereocenters. The van der Waals surface area contributed by atoms with Crippen molar-refractivity contribution in [3.8, 4) is 0 Å². The minimum atomic E-state index is -0.444. The molecule has 2 aliphatic heterocycles. The number of rotatable bonds is 4. The maximum Gasteiger partial charge on any atom is 0.227 e. The molecule has 0 aromatic carbocycles. The number of amides is 1. The van der Waals surface area contributed by atoms with E-state index in [2.05, 4.69) is 25.6 Å². The zero-order chi connectivity index (χ0) is 17.9. The van der Waals surface area contributed by atoms with Crippen molar-refractivity contribution in [1.82, 2.24) is 20.3 Å². The Hall–Kier alpha value is -2.87. The van der Waals surface area contributed by atoms with E-state index in [1.807, 2.05) is 12.1 Å². The highest BCUT2D eigenvalue weighted by Gasteiger charge is 2.22. The fraction of sp³-hybridized carbons (Fsp3) is 0.333. The van der Waals surface area contributed by atoms with Gasteiger partial charge in [0.25, 0.3) is 0 Å². The van der Waals surface area contributed by atoms with Crippen LogP contribution in [-0.2, 0) is 4.79 Å². The number of hydrogen-bond donors (Lipinski definition) is 2. The highest BCUT2D eigenvalue weighted by Crippen LogP contribution is 2.25. The highest BCUT2D eigenvalue weighted by atomic mass is 19.1. The third-order valence-electron chi connectivity index (χ3n) is 4.44. The lowest BCUT2D eigenvalue weighted by molar-refractivity contribution is -0.117. The number of nitrogens with zero attached hydrogens (tertiary/aromatic N) is 4. The summed E-state index contributed by atoms with van der Waals surface area (Å²) < 4.78 is 14.1. The Kier molecular flexibility index (Phi) is 4.57. The van der Waals surface area contributed by atoms with Gasteiger partial charge in [-0.3, -0.25) is 9.78 Å². The van der Waals surface area contributed by atoms with Crippen molar-refractivity contribution in [1.29, 1.82) is 0 Å². The molecule has 26 heavy (non-hydrogen) atoms. The van der Waals surface area contributed by atoms with Crippen LogP contribution < -0.4 is 15.5 Å². The first-order valence-electron chi connectivity index (χ1n) is 8.66. The summed E-state index contributed by atoms with van der Waals surface area (Å²) in [5, 5.41) is 6.26. The van der Waals surface area contributed by atoms with Gasteiger partial charge in [0.05, 0.1) is 30.0 Å². The van der Waals surface area contributed by atoms with Crippen LogP contribution >= 0.6 is 0 Å². The van der Waals surface area contributed by atoms with Crippen LogP contribution in [0.15, 0.2) is 30.7 Å². The second-order valence-electron chi connectivity index (χ2n) is 6.29. The third kappa shape index (κ3) is 3.41. The van der Waals surface area contributed by atoms with Crippen LogP contribution in [0, 0.1) is 5.82 Å². The molecule has 0 atom stereocenters. The van der Waals surface area contributed by atoms with Crippen molar-refractivity contribution in [2.75, 3.05) is 29.9 Å². The van der Waals surface area contributed by atoms with E-state index in [0.29, 0.717) is 36.8 Å². The van der Waals surface area contributed by atoms with E-state index < -0.39 is 5.82 Å². The standard InChI is InChI=1S/C18H19FN6O/c19-15-11-22-18(24-17(15)12-3-1-5-20-8-12)23-13-7-14(10-21-9-13)25-6-2-4-16(25)26/h3,7,9-11,20H,1-2,4-6,8H2,(H,22,23,24). The zero-order valence-electron chi connectivity index (χ0n) is 14.2. The molecular weight excluding hydrogens is 335 g/mol. The number of anilines is 3. The molecule has 1 fully saturated rings. The summed E-state index contributed by atoms with van der Waals surface area (Å²) >= 11 is 0. The molecule has 1 amide bonds. The third-order valence-corrected chi connectivity index (χ3v) is 4.44. The quantitative estimate of drug-likeness (QED) is 0.876. The minimum Gasteiger partial charge on any atom is -0.323 e. The van der Waals surface area contributed by atoms with Crippen molar-refractivity contribution in [3.63, 3.8) is 0 Å². The second kappa shape index (κ2) is 7.17. The monoisotopic (exact) mass is 354 g/mol. The Balaban J connectivity index is 1.58. The van der Waals surface area contributed by atoms with Gasteiger partial charge in [-0.05, 0) is 31.0 Å². The Labute approximate surface area is 150 Å². The molecule has 1 saturated heterocycles. The first-order chi connectivity index (χ1) is 12.7. The molecule has 2 aromatic heterocycles. The molecule has 0 spiro atoms. The first-order valence-corrected chi connectivity index (χ1v) is 8.66. The van der Waals surface area contributed by atoms with Gasteiger partial charge in [0, 0.05) is 19.5 Å². The number of aromatic nitrogens is 3. The smallest absolute Gasteiger partial charge is 0.227 e. The van der Waals surface area contributed by atoms with Crippen molar-refractivity contribution in [2.24, 2.45) is 0 Å². The molecule has 2 aromatic rings. The van der Waals surface area contributed by atoms with E-state index in [-0.39, 0.29) is 5.91 Å². The summed E-state index contributed by atoms with van der Waals surface area (Å²) in [5.41, 5.74) is 2.51. The number of carbonyl (C=O) groups is 1. The average Bonchev–Trinajstić information content (AvgIpc) is 3.10. The number of nitrogens with one attached hydrogen (secondary N) is 2. The van der Waals surface area contributed by atoms with E-state index in [0.717, 1.165) is 30.6 Å². The van der Waals surface area contributed by atoms with Crippen molar-refractivity contribution < 1.29 is 9.18 Å². The zero-order valence-corrected chi connectivity index (χ0v) is 14.2.